The van der Waals surface area contributed by atoms with Gasteiger partial charge in [0.05, 0.1) is 29.2 Å². The van der Waals surface area contributed by atoms with E-state index in [-0.39, 0.29) is 24.2 Å². The van der Waals surface area contributed by atoms with E-state index in [1.54, 1.807) is 12.1 Å². The molecule has 0 unspecified atom stereocenters. The van der Waals surface area contributed by atoms with Crippen molar-refractivity contribution in [2.45, 2.75) is 12.8 Å². The van der Waals surface area contributed by atoms with Crippen LogP contribution in [0.4, 0.5) is 5.69 Å². The van der Waals surface area contributed by atoms with Gasteiger partial charge in [-0.3, -0.25) is 30.6 Å². The van der Waals surface area contributed by atoms with Gasteiger partial charge in [0.15, 0.2) is 0 Å². The van der Waals surface area contributed by atoms with Crippen molar-refractivity contribution in [3.63, 3.8) is 0 Å². The lowest BCUT2D eigenvalue weighted by Crippen LogP contribution is -2.41. The maximum atomic E-state index is 12.2. The van der Waals surface area contributed by atoms with Gasteiger partial charge in [0.2, 0.25) is 5.91 Å². The summed E-state index contributed by atoms with van der Waals surface area (Å²) in [5, 5.41) is 11.8. The van der Waals surface area contributed by atoms with Crippen LogP contribution in [0.2, 0.25) is 10.0 Å². The summed E-state index contributed by atoms with van der Waals surface area (Å²) < 4.78 is 9.97. The molecule has 31 heavy (non-hydrogen) atoms. The second kappa shape index (κ2) is 11.1. The van der Waals surface area contributed by atoms with Crippen LogP contribution in [0.15, 0.2) is 36.4 Å². The molecule has 2 rings (SSSR count). The molecule has 10 nitrogen and oxygen atoms in total. The summed E-state index contributed by atoms with van der Waals surface area (Å²) in [5.74, 6) is -1.78. The number of methoxy groups -OCH3 is 1. The number of nitrogens with one attached hydrogen (secondary N) is 2. The summed E-state index contributed by atoms with van der Waals surface area (Å²) in [6, 6.07) is 7.81. The van der Waals surface area contributed by atoms with Crippen LogP contribution in [-0.2, 0) is 9.53 Å². The first kappa shape index (κ1) is 23.9. The number of carbonyl (C=O) groups is 3. The van der Waals surface area contributed by atoms with E-state index in [1.807, 2.05) is 0 Å². The molecule has 164 valence electrons. The number of carbonyl (C=O) groups excluding carboxylic acids is 3. The van der Waals surface area contributed by atoms with E-state index in [4.69, 9.17) is 27.9 Å². The quantitative estimate of drug-likeness (QED) is 0.261. The Hall–Kier alpha value is -3.37. The normalized spacial score (nSPS) is 10.2. The van der Waals surface area contributed by atoms with Crippen molar-refractivity contribution in [3.8, 4) is 5.75 Å². The number of hydrogen-bond acceptors (Lipinski definition) is 7. The first-order valence-corrected chi connectivity index (χ1v) is 9.51. The molecule has 0 aliphatic carbocycles. The molecule has 2 aromatic rings. The minimum atomic E-state index is -0.845. The Kier molecular flexibility index (Phi) is 8.59. The Morgan fingerprint density at radius 2 is 1.77 bits per heavy atom. The number of nitrogens with zero attached hydrogens (tertiary/aromatic N) is 1. The standard InChI is InChI=1S/C19H17Cl2N3O7/c1-30-19(27)12-7-11(8-14(9-12)24(28)29)18(26)23-22-17(25)3-2-6-31-16-5-4-13(20)10-15(16)21/h4-5,7-10H,2-3,6H2,1H3,(H,22,25)(H,23,26). The molecule has 2 N–H and O–H groups in total. The number of hydrogen-bond donors (Lipinski definition) is 2. The number of rotatable bonds is 8. The van der Waals surface area contributed by atoms with Crippen LogP contribution in [-0.4, -0.2) is 36.4 Å². The van der Waals surface area contributed by atoms with Crippen molar-refractivity contribution in [2.75, 3.05) is 13.7 Å². The molecule has 0 heterocycles. The Labute approximate surface area is 186 Å². The van der Waals surface area contributed by atoms with Gasteiger partial charge in [0.1, 0.15) is 5.75 Å². The van der Waals surface area contributed by atoms with Crippen LogP contribution in [0, 0.1) is 10.1 Å². The number of esters is 1. The van der Waals surface area contributed by atoms with E-state index in [1.165, 1.54) is 6.07 Å². The van der Waals surface area contributed by atoms with Gasteiger partial charge in [0.25, 0.3) is 11.6 Å². The van der Waals surface area contributed by atoms with Gasteiger partial charge < -0.3 is 9.47 Å². The minimum absolute atomic E-state index is 0.0217. The molecule has 0 saturated carbocycles. The van der Waals surface area contributed by atoms with Crippen LogP contribution in [0.1, 0.15) is 33.6 Å². The fourth-order valence-electron chi connectivity index (χ4n) is 2.35. The molecule has 0 aromatic heterocycles. The van der Waals surface area contributed by atoms with E-state index >= 15 is 0 Å². The third kappa shape index (κ3) is 7.12. The second-order valence-corrected chi connectivity index (χ2v) is 6.89. The molecule has 0 saturated heterocycles. The van der Waals surface area contributed by atoms with E-state index in [0.29, 0.717) is 22.2 Å². The molecule has 2 amide bonds. The monoisotopic (exact) mass is 469 g/mol. The zero-order valence-electron chi connectivity index (χ0n) is 16.1. The van der Waals surface area contributed by atoms with E-state index in [0.717, 1.165) is 25.3 Å². The smallest absolute Gasteiger partial charge is 0.338 e. The van der Waals surface area contributed by atoms with Gasteiger partial charge in [-0.05, 0) is 30.7 Å². The van der Waals surface area contributed by atoms with Crippen molar-refractivity contribution < 1.29 is 28.8 Å². The van der Waals surface area contributed by atoms with E-state index in [2.05, 4.69) is 15.6 Å². The summed E-state index contributed by atoms with van der Waals surface area (Å²) >= 11 is 11.8. The Bertz CT molecular complexity index is 1010. The van der Waals surface area contributed by atoms with Gasteiger partial charge >= 0.3 is 5.97 Å². The largest absolute Gasteiger partial charge is 0.492 e. The summed E-state index contributed by atoms with van der Waals surface area (Å²) in [7, 11) is 1.10. The molecule has 0 bridgehead atoms. The molecule has 0 radical (unpaired) electrons. The van der Waals surface area contributed by atoms with E-state index < -0.39 is 28.4 Å². The minimum Gasteiger partial charge on any atom is -0.492 e. The van der Waals surface area contributed by atoms with Crippen molar-refractivity contribution in [1.29, 1.82) is 0 Å². The highest BCUT2D eigenvalue weighted by Crippen LogP contribution is 2.27. The lowest BCUT2D eigenvalue weighted by atomic mass is 10.1. The SMILES string of the molecule is COC(=O)c1cc(C(=O)NNC(=O)CCCOc2ccc(Cl)cc2Cl)cc([N+](=O)[O-])c1. The van der Waals surface area contributed by atoms with E-state index in [9.17, 15) is 24.5 Å². The van der Waals surface area contributed by atoms with Crippen molar-refractivity contribution in [2.24, 2.45) is 0 Å². The second-order valence-electron chi connectivity index (χ2n) is 6.05. The summed E-state index contributed by atoms with van der Waals surface area (Å²) in [6.45, 7) is 0.191. The maximum Gasteiger partial charge on any atom is 0.338 e. The Balaban J connectivity index is 1.86. The molecule has 0 spiro atoms. The predicted molar refractivity (Wildman–Crippen MR) is 111 cm³/mol. The molecule has 0 aliphatic heterocycles. The molecule has 2 aromatic carbocycles. The van der Waals surface area contributed by atoms with Crippen molar-refractivity contribution >= 4 is 46.7 Å². The lowest BCUT2D eigenvalue weighted by molar-refractivity contribution is -0.384. The number of nitro groups is 1. The van der Waals surface area contributed by atoms with Crippen LogP contribution in [0.25, 0.3) is 0 Å². The van der Waals surface area contributed by atoms with Crippen LogP contribution in [0.3, 0.4) is 0 Å². The number of amides is 2. The number of ether oxygens (including phenoxy) is 2. The van der Waals surface area contributed by atoms with Crippen LogP contribution >= 0.6 is 23.2 Å². The molecule has 12 heteroatoms. The third-order valence-electron chi connectivity index (χ3n) is 3.83. The maximum absolute atomic E-state index is 12.2. The number of non-ortho nitro benzene ring substituents is 1. The predicted octanol–water partition coefficient (Wildman–Crippen LogP) is 3.31. The van der Waals surface area contributed by atoms with Crippen molar-refractivity contribution in [1.82, 2.24) is 10.9 Å². The Morgan fingerprint density at radius 3 is 2.42 bits per heavy atom. The zero-order chi connectivity index (χ0) is 23.0. The fourth-order valence-corrected chi connectivity index (χ4v) is 2.81. The van der Waals surface area contributed by atoms with Crippen molar-refractivity contribution in [3.05, 3.63) is 67.7 Å². The third-order valence-corrected chi connectivity index (χ3v) is 4.36. The number of hydrazine groups is 1. The van der Waals surface area contributed by atoms with Gasteiger partial charge in [0, 0.05) is 29.1 Å². The lowest BCUT2D eigenvalue weighted by Gasteiger charge is -2.10. The average Bonchev–Trinajstić information content (AvgIpc) is 2.75. The summed E-state index contributed by atoms with van der Waals surface area (Å²) in [6.07, 6.45) is 0.345. The number of nitro benzene ring substituents is 1. The fraction of sp³-hybridized carbons (Fsp3) is 0.211. The first-order chi connectivity index (χ1) is 14.7. The Morgan fingerprint density at radius 1 is 1.06 bits per heavy atom. The highest BCUT2D eigenvalue weighted by Gasteiger charge is 2.18. The highest BCUT2D eigenvalue weighted by molar-refractivity contribution is 6.35. The summed E-state index contributed by atoms with van der Waals surface area (Å²) in [5.41, 5.74) is 3.47. The number of benzene rings is 2. The zero-order valence-corrected chi connectivity index (χ0v) is 17.7. The van der Waals surface area contributed by atoms with Gasteiger partial charge in [-0.1, -0.05) is 23.2 Å². The molecule has 0 aliphatic rings. The molecule has 0 fully saturated rings. The number of halogens is 2. The molecular formula is C19H17Cl2N3O7. The van der Waals surface area contributed by atoms with Gasteiger partial charge in [-0.25, -0.2) is 4.79 Å². The van der Waals surface area contributed by atoms with Gasteiger partial charge in [-0.2, -0.15) is 0 Å². The first-order valence-electron chi connectivity index (χ1n) is 8.76. The highest BCUT2D eigenvalue weighted by atomic mass is 35.5. The molecule has 0 atom stereocenters. The molecular weight excluding hydrogens is 453 g/mol. The van der Waals surface area contributed by atoms with Gasteiger partial charge in [-0.15, -0.1) is 0 Å². The average molecular weight is 470 g/mol. The van der Waals surface area contributed by atoms with Crippen LogP contribution in [0.5, 0.6) is 5.75 Å². The summed E-state index contributed by atoms with van der Waals surface area (Å²) in [4.78, 5) is 46.0. The van der Waals surface area contributed by atoms with Crippen LogP contribution < -0.4 is 15.6 Å². The topological polar surface area (TPSA) is 137 Å².